The molecule has 0 bridgehead atoms. The molecule has 3 N–H and O–H groups in total. The van der Waals surface area contributed by atoms with E-state index < -0.39 is 71.7 Å². The molecular formula is C26H42N2O11S2. The van der Waals surface area contributed by atoms with E-state index in [1.54, 1.807) is 0 Å². The van der Waals surface area contributed by atoms with Gasteiger partial charge in [-0.05, 0) is 18.6 Å². The molecule has 0 spiro atoms. The molecule has 15 heteroatoms. The Labute approximate surface area is 249 Å². The summed E-state index contributed by atoms with van der Waals surface area (Å²) in [5.74, 6) is -2.18. The number of amides is 1. The molecule has 234 valence electrons. The first-order valence-electron chi connectivity index (χ1n) is 13.3. The first-order valence-corrected chi connectivity index (χ1v) is 15.2. The summed E-state index contributed by atoms with van der Waals surface area (Å²) in [5.41, 5.74) is 6.51. The van der Waals surface area contributed by atoms with Crippen LogP contribution in [-0.4, -0.2) is 95.5 Å². The lowest BCUT2D eigenvalue weighted by atomic mass is 9.88. The van der Waals surface area contributed by atoms with Gasteiger partial charge in [-0.25, -0.2) is 4.79 Å². The van der Waals surface area contributed by atoms with E-state index in [-0.39, 0.29) is 11.5 Å². The van der Waals surface area contributed by atoms with E-state index in [9.17, 15) is 28.8 Å². The van der Waals surface area contributed by atoms with Crippen molar-refractivity contribution in [1.82, 2.24) is 5.32 Å². The number of carbonyl (C=O) groups excluding carboxylic acids is 6. The van der Waals surface area contributed by atoms with Gasteiger partial charge in [0.2, 0.25) is 10.8 Å². The molecule has 1 aliphatic rings. The third kappa shape index (κ3) is 13.0. The van der Waals surface area contributed by atoms with Crippen LogP contribution in [-0.2, 0) is 52.5 Å². The van der Waals surface area contributed by atoms with E-state index in [1.807, 2.05) is 0 Å². The highest BCUT2D eigenvalue weighted by molar-refractivity contribution is 8.13. The molecule has 0 radical (unpaired) electrons. The molecule has 0 saturated carbocycles. The number of unbranched alkanes of at least 4 members (excludes halogenated alkanes) is 3. The third-order valence-corrected chi connectivity index (χ3v) is 8.24. The molecular weight excluding hydrogens is 580 g/mol. The number of methoxy groups -OCH3 is 1. The van der Waals surface area contributed by atoms with Crippen molar-refractivity contribution in [2.45, 2.75) is 102 Å². The topological polar surface area (TPSA) is 187 Å². The fraction of sp³-hybridized carbons (Fsp3) is 0.769. The number of esters is 4. The largest absolute Gasteiger partial charge is 0.466 e. The Bertz CT molecular complexity index is 935. The average Bonchev–Trinajstić information content (AvgIpc) is 2.86. The summed E-state index contributed by atoms with van der Waals surface area (Å²) >= 11 is 2.45. The Hall–Kier alpha value is -2.36. The number of thioether (sulfide) groups is 2. The zero-order valence-electron chi connectivity index (χ0n) is 24.4. The lowest BCUT2D eigenvalue weighted by molar-refractivity contribution is -0.211. The predicted molar refractivity (Wildman–Crippen MR) is 152 cm³/mol. The summed E-state index contributed by atoms with van der Waals surface area (Å²) in [6.07, 6.45) is -0.779. The zero-order valence-corrected chi connectivity index (χ0v) is 26.1. The minimum Gasteiger partial charge on any atom is -0.466 e. The van der Waals surface area contributed by atoms with Crippen molar-refractivity contribution in [3.8, 4) is 0 Å². The lowest BCUT2D eigenvalue weighted by Crippen LogP contribution is -2.69. The molecule has 1 rings (SSSR count). The number of hydrogen-bond donors (Lipinski definition) is 2. The van der Waals surface area contributed by atoms with E-state index in [0.29, 0.717) is 5.75 Å². The van der Waals surface area contributed by atoms with E-state index in [4.69, 9.17) is 29.4 Å². The highest BCUT2D eigenvalue weighted by Crippen LogP contribution is 2.41. The molecule has 0 unspecified atom stereocenters. The van der Waals surface area contributed by atoms with E-state index in [2.05, 4.69) is 5.32 Å². The van der Waals surface area contributed by atoms with Gasteiger partial charge in [0.1, 0.15) is 12.7 Å². The number of carbonyl (C=O) groups is 6. The summed E-state index contributed by atoms with van der Waals surface area (Å²) in [6.45, 7) is 5.70. The molecule has 0 aliphatic carbocycles. The maximum absolute atomic E-state index is 13.2. The zero-order chi connectivity index (χ0) is 31.2. The van der Waals surface area contributed by atoms with Gasteiger partial charge in [-0.3, -0.25) is 24.0 Å². The second-order valence-corrected chi connectivity index (χ2v) is 12.2. The highest BCUT2D eigenvalue weighted by Gasteiger charge is 2.56. The van der Waals surface area contributed by atoms with Gasteiger partial charge in [-0.2, -0.15) is 0 Å². The Morgan fingerprint density at radius 1 is 0.927 bits per heavy atom. The molecule has 13 nitrogen and oxygen atoms in total. The second kappa shape index (κ2) is 18.2. The summed E-state index contributed by atoms with van der Waals surface area (Å²) in [5, 5.41) is 2.77. The molecule has 1 saturated heterocycles. The van der Waals surface area contributed by atoms with E-state index >= 15 is 0 Å². The number of nitrogens with two attached hydrogens (primary N) is 1. The van der Waals surface area contributed by atoms with Crippen molar-refractivity contribution in [2.75, 3.05) is 25.2 Å². The normalized spacial score (nSPS) is 23.4. The van der Waals surface area contributed by atoms with Crippen LogP contribution in [0.25, 0.3) is 0 Å². The van der Waals surface area contributed by atoms with Gasteiger partial charge >= 0.3 is 23.9 Å². The van der Waals surface area contributed by atoms with Gasteiger partial charge in [-0.1, -0.05) is 24.6 Å². The van der Waals surface area contributed by atoms with Crippen molar-refractivity contribution in [3.05, 3.63) is 0 Å². The van der Waals surface area contributed by atoms with Gasteiger partial charge in [0.05, 0.1) is 13.2 Å². The van der Waals surface area contributed by atoms with Gasteiger partial charge in [-0.15, -0.1) is 11.8 Å². The molecule has 1 heterocycles. The van der Waals surface area contributed by atoms with Crippen LogP contribution in [0.2, 0.25) is 0 Å². The predicted octanol–water partition coefficient (Wildman–Crippen LogP) is 1.48. The minimum atomic E-state index is -1.64. The molecule has 1 aliphatic heterocycles. The van der Waals surface area contributed by atoms with Gasteiger partial charge < -0.3 is 34.7 Å². The van der Waals surface area contributed by atoms with E-state index in [0.717, 1.165) is 52.2 Å². The third-order valence-electron chi connectivity index (χ3n) is 5.95. The van der Waals surface area contributed by atoms with Gasteiger partial charge in [0.15, 0.2) is 17.3 Å². The van der Waals surface area contributed by atoms with Crippen LogP contribution >= 0.6 is 23.5 Å². The Morgan fingerprint density at radius 3 is 2.05 bits per heavy atom. The van der Waals surface area contributed by atoms with Crippen molar-refractivity contribution in [2.24, 2.45) is 5.73 Å². The van der Waals surface area contributed by atoms with Gasteiger partial charge in [0, 0.05) is 52.8 Å². The number of nitrogens with one attached hydrogen (secondary N) is 1. The molecule has 0 aromatic heterocycles. The van der Waals surface area contributed by atoms with Gasteiger partial charge in [0.25, 0.3) is 0 Å². The van der Waals surface area contributed by atoms with Crippen LogP contribution in [0.5, 0.6) is 0 Å². The quantitative estimate of drug-likeness (QED) is 0.143. The Morgan fingerprint density at radius 2 is 1.54 bits per heavy atom. The summed E-state index contributed by atoms with van der Waals surface area (Å²) in [7, 11) is 1.20. The number of hydrogen-bond acceptors (Lipinski definition) is 14. The van der Waals surface area contributed by atoms with Crippen LogP contribution in [0, 0.1) is 0 Å². The maximum atomic E-state index is 13.2. The SMILES string of the molecule is COC(=O)[C@@]1(SCCCCCCSC(C)=O)C[C@H](N)[C@@H](NC(C)=O)[C@H]([C@@H](OC(C)=O)[C@H](COC(C)=O)OC(C)=O)O1. The summed E-state index contributed by atoms with van der Waals surface area (Å²) in [6, 6.07) is -1.86. The standard InChI is InChI=1S/C26H42N2O11S2/c1-15(29)28-22-20(27)13-26(25(34)35-6,41-12-10-8-7-9-11-40-19(5)33)39-24(22)23(38-18(4)32)21(37-17(3)31)14-36-16(2)30/h20-24H,7-14,27H2,1-6H3,(H,28,29)/t20-,21-,22+,23-,24+,26-/m0/s1. The van der Waals surface area contributed by atoms with Crippen molar-refractivity contribution >= 4 is 58.4 Å². The monoisotopic (exact) mass is 622 g/mol. The molecule has 41 heavy (non-hydrogen) atoms. The Kier molecular flexibility index (Phi) is 16.3. The van der Waals surface area contributed by atoms with Crippen molar-refractivity contribution < 1.29 is 52.5 Å². The molecule has 1 fully saturated rings. The number of rotatable bonds is 16. The minimum absolute atomic E-state index is 0.0456. The average molecular weight is 623 g/mol. The van der Waals surface area contributed by atoms with Crippen LogP contribution in [0.3, 0.4) is 0 Å². The Balaban J connectivity index is 3.33. The summed E-state index contributed by atoms with van der Waals surface area (Å²) in [4.78, 5) is 70.4. The van der Waals surface area contributed by atoms with E-state index in [1.165, 1.54) is 44.5 Å². The van der Waals surface area contributed by atoms with Crippen LogP contribution < -0.4 is 11.1 Å². The maximum Gasteiger partial charge on any atom is 0.348 e. The molecule has 6 atom stereocenters. The number of ether oxygens (including phenoxy) is 5. The first kappa shape index (κ1) is 36.7. The highest BCUT2D eigenvalue weighted by atomic mass is 32.2. The van der Waals surface area contributed by atoms with Crippen LogP contribution in [0.4, 0.5) is 0 Å². The molecule has 1 amide bonds. The van der Waals surface area contributed by atoms with Crippen LogP contribution in [0.1, 0.15) is 66.7 Å². The lowest BCUT2D eigenvalue weighted by Gasteiger charge is -2.48. The fourth-order valence-electron chi connectivity index (χ4n) is 4.32. The second-order valence-electron chi connectivity index (χ2n) is 9.55. The first-order chi connectivity index (χ1) is 19.2. The molecule has 0 aromatic rings. The summed E-state index contributed by atoms with van der Waals surface area (Å²) < 4.78 is 27.4. The smallest absolute Gasteiger partial charge is 0.348 e. The fourth-order valence-corrected chi connectivity index (χ4v) is 6.33. The molecule has 0 aromatic carbocycles. The van der Waals surface area contributed by atoms with Crippen LogP contribution in [0.15, 0.2) is 0 Å². The van der Waals surface area contributed by atoms with Crippen molar-refractivity contribution in [3.63, 3.8) is 0 Å². The van der Waals surface area contributed by atoms with Crippen molar-refractivity contribution in [1.29, 1.82) is 0 Å².